The molecule has 0 aliphatic heterocycles. The minimum absolute atomic E-state index is 0.109. The molecule has 4 N–H and O–H groups in total. The number of aliphatic hydroxyl groups is 1. The number of hydrogen-bond acceptors (Lipinski definition) is 5. The van der Waals surface area contributed by atoms with Crippen molar-refractivity contribution in [3.63, 3.8) is 0 Å². The molecule has 1 aromatic heterocycles. The van der Waals surface area contributed by atoms with Crippen LogP contribution in [0.15, 0.2) is 9.59 Å². The molecule has 1 unspecified atom stereocenters. The number of nitrogen functional groups attached to an aromatic ring is 1. The Bertz CT molecular complexity index is 520. The lowest BCUT2D eigenvalue weighted by molar-refractivity contribution is 0.270. The van der Waals surface area contributed by atoms with Gasteiger partial charge in [0.2, 0.25) is 0 Å². The molecule has 1 atom stereocenters. The van der Waals surface area contributed by atoms with Crippen LogP contribution in [0, 0.1) is 0 Å². The zero-order valence-corrected chi connectivity index (χ0v) is 10.9. The monoisotopic (exact) mass is 256 g/mol. The molecule has 102 valence electrons. The van der Waals surface area contributed by atoms with Gasteiger partial charge in [0, 0.05) is 19.6 Å². The highest BCUT2D eigenvalue weighted by molar-refractivity contribution is 5.62. The largest absolute Gasteiger partial charge is 0.394 e. The zero-order chi connectivity index (χ0) is 13.9. The van der Waals surface area contributed by atoms with Gasteiger partial charge in [-0.2, -0.15) is 0 Å². The van der Waals surface area contributed by atoms with Crippen molar-refractivity contribution in [3.05, 3.63) is 20.8 Å². The van der Waals surface area contributed by atoms with Gasteiger partial charge in [-0.3, -0.25) is 14.3 Å². The van der Waals surface area contributed by atoms with E-state index < -0.39 is 11.2 Å². The smallest absolute Gasteiger partial charge is 0.330 e. The van der Waals surface area contributed by atoms with E-state index in [2.05, 4.69) is 4.98 Å². The van der Waals surface area contributed by atoms with Gasteiger partial charge in [-0.05, 0) is 13.3 Å². The van der Waals surface area contributed by atoms with Gasteiger partial charge in [-0.25, -0.2) is 4.79 Å². The minimum atomic E-state index is -0.535. The summed E-state index contributed by atoms with van der Waals surface area (Å²) in [6.07, 6.45) is 0.731. The lowest BCUT2D eigenvalue weighted by Crippen LogP contribution is -2.41. The molecule has 0 saturated heterocycles. The van der Waals surface area contributed by atoms with E-state index >= 15 is 0 Å². The molecular weight excluding hydrogens is 236 g/mol. The van der Waals surface area contributed by atoms with Gasteiger partial charge in [0.25, 0.3) is 5.56 Å². The van der Waals surface area contributed by atoms with Crippen molar-refractivity contribution in [3.8, 4) is 0 Å². The summed E-state index contributed by atoms with van der Waals surface area (Å²) in [5.74, 6) is 0.133. The number of H-pyrrole nitrogens is 1. The normalized spacial score (nSPS) is 12.4. The molecule has 0 aliphatic carbocycles. The second-order valence-electron chi connectivity index (χ2n) is 4.29. The van der Waals surface area contributed by atoms with Crippen molar-refractivity contribution in [2.75, 3.05) is 24.3 Å². The Balaban J connectivity index is 3.40. The Morgan fingerprint density at radius 1 is 1.50 bits per heavy atom. The molecule has 1 rings (SSSR count). The summed E-state index contributed by atoms with van der Waals surface area (Å²) < 4.78 is 1.33. The number of likely N-dealkylation sites (N-methyl/N-ethyl adjacent to an activating group) is 1. The number of nitrogens with zero attached hydrogens (tertiary/aromatic N) is 2. The minimum Gasteiger partial charge on any atom is -0.394 e. The number of hydrogen-bond donors (Lipinski definition) is 3. The van der Waals surface area contributed by atoms with E-state index in [1.54, 1.807) is 18.9 Å². The summed E-state index contributed by atoms with van der Waals surface area (Å²) in [7, 11) is 1.66. The van der Waals surface area contributed by atoms with Crippen LogP contribution in [0.5, 0.6) is 0 Å². The van der Waals surface area contributed by atoms with Crippen molar-refractivity contribution in [1.82, 2.24) is 9.55 Å². The first-order chi connectivity index (χ1) is 8.43. The fourth-order valence-corrected chi connectivity index (χ4v) is 1.71. The van der Waals surface area contributed by atoms with Gasteiger partial charge >= 0.3 is 5.69 Å². The lowest BCUT2D eigenvalue weighted by atomic mass is 10.3. The third kappa shape index (κ3) is 2.56. The Kier molecular flexibility index (Phi) is 4.55. The Hall–Kier alpha value is -1.76. The molecule has 0 radical (unpaired) electrons. The van der Waals surface area contributed by atoms with Crippen LogP contribution < -0.4 is 21.9 Å². The standard InChI is InChI=1S/C11H20N4O3/c1-4-5-15-9(12)8(10(17)13-11(15)18)14(3)7(2)6-16/h7,16H,4-6,12H2,1-3H3,(H,13,17,18). The summed E-state index contributed by atoms with van der Waals surface area (Å²) in [5, 5.41) is 9.11. The molecule has 7 nitrogen and oxygen atoms in total. The van der Waals surface area contributed by atoms with E-state index in [1.165, 1.54) is 4.57 Å². The van der Waals surface area contributed by atoms with Crippen molar-refractivity contribution < 1.29 is 5.11 Å². The van der Waals surface area contributed by atoms with Gasteiger partial charge in [0.1, 0.15) is 11.5 Å². The number of rotatable bonds is 5. The topological polar surface area (TPSA) is 104 Å². The highest BCUT2D eigenvalue weighted by atomic mass is 16.3. The van der Waals surface area contributed by atoms with Gasteiger partial charge in [0.05, 0.1) is 6.61 Å². The molecule has 1 aromatic rings. The molecule has 0 spiro atoms. The molecule has 7 heteroatoms. The molecule has 0 fully saturated rings. The van der Waals surface area contributed by atoms with Crippen LogP contribution in [0.3, 0.4) is 0 Å². The van der Waals surface area contributed by atoms with E-state index in [-0.39, 0.29) is 24.2 Å². The Morgan fingerprint density at radius 2 is 2.11 bits per heavy atom. The van der Waals surface area contributed by atoms with Gasteiger partial charge in [-0.15, -0.1) is 0 Å². The number of aliphatic hydroxyl groups excluding tert-OH is 1. The van der Waals surface area contributed by atoms with Crippen LogP contribution >= 0.6 is 0 Å². The van der Waals surface area contributed by atoms with Crippen LogP contribution in [0.25, 0.3) is 0 Å². The molecular formula is C11H20N4O3. The zero-order valence-electron chi connectivity index (χ0n) is 10.9. The van der Waals surface area contributed by atoms with E-state index in [0.717, 1.165) is 6.42 Å². The first-order valence-corrected chi connectivity index (χ1v) is 5.90. The second-order valence-corrected chi connectivity index (χ2v) is 4.29. The Morgan fingerprint density at radius 3 is 2.61 bits per heavy atom. The predicted molar refractivity (Wildman–Crippen MR) is 71.0 cm³/mol. The van der Waals surface area contributed by atoms with Gasteiger partial charge in [0.15, 0.2) is 0 Å². The van der Waals surface area contributed by atoms with Gasteiger partial charge < -0.3 is 15.7 Å². The average Bonchev–Trinajstić information content (AvgIpc) is 2.32. The van der Waals surface area contributed by atoms with Gasteiger partial charge in [-0.1, -0.05) is 6.92 Å². The maximum absolute atomic E-state index is 11.8. The number of anilines is 2. The van der Waals surface area contributed by atoms with Crippen molar-refractivity contribution in [2.24, 2.45) is 0 Å². The van der Waals surface area contributed by atoms with E-state index in [4.69, 9.17) is 10.8 Å². The summed E-state index contributed by atoms with van der Waals surface area (Å²) in [5.41, 5.74) is 5.06. The third-order valence-corrected chi connectivity index (χ3v) is 2.94. The summed E-state index contributed by atoms with van der Waals surface area (Å²) >= 11 is 0. The number of aromatic amines is 1. The first kappa shape index (κ1) is 14.3. The Labute approximate surface area is 105 Å². The maximum Gasteiger partial charge on any atom is 0.330 e. The van der Waals surface area contributed by atoms with E-state index in [0.29, 0.717) is 6.54 Å². The molecule has 0 saturated carbocycles. The molecule has 1 heterocycles. The third-order valence-electron chi connectivity index (χ3n) is 2.94. The molecule has 0 aliphatic rings. The molecule has 0 bridgehead atoms. The number of aromatic nitrogens is 2. The lowest BCUT2D eigenvalue weighted by Gasteiger charge is -2.26. The predicted octanol–water partition coefficient (Wildman–Crippen LogP) is -0.654. The van der Waals surface area contributed by atoms with E-state index in [1.807, 2.05) is 6.92 Å². The van der Waals surface area contributed by atoms with Crippen molar-refractivity contribution in [1.29, 1.82) is 0 Å². The number of nitrogens with one attached hydrogen (secondary N) is 1. The van der Waals surface area contributed by atoms with Crippen LogP contribution in [-0.2, 0) is 6.54 Å². The van der Waals surface area contributed by atoms with Crippen LogP contribution in [0.2, 0.25) is 0 Å². The van der Waals surface area contributed by atoms with Crippen LogP contribution in [-0.4, -0.2) is 34.4 Å². The SMILES string of the molecule is CCCn1c(N)c(N(C)C(C)CO)c(=O)[nH]c1=O. The highest BCUT2D eigenvalue weighted by Crippen LogP contribution is 2.17. The van der Waals surface area contributed by atoms with Crippen molar-refractivity contribution >= 4 is 11.5 Å². The molecule has 0 aromatic carbocycles. The summed E-state index contributed by atoms with van der Waals surface area (Å²) in [6.45, 7) is 4.00. The fraction of sp³-hybridized carbons (Fsp3) is 0.636. The summed E-state index contributed by atoms with van der Waals surface area (Å²) in [4.78, 5) is 27.2. The molecule has 0 amide bonds. The summed E-state index contributed by atoms with van der Waals surface area (Å²) in [6, 6.07) is -0.263. The van der Waals surface area contributed by atoms with Crippen molar-refractivity contribution in [2.45, 2.75) is 32.9 Å². The maximum atomic E-state index is 11.8. The second kappa shape index (κ2) is 5.72. The highest BCUT2D eigenvalue weighted by Gasteiger charge is 2.19. The van der Waals surface area contributed by atoms with Crippen LogP contribution in [0.4, 0.5) is 11.5 Å². The fourth-order valence-electron chi connectivity index (χ4n) is 1.71. The number of nitrogens with two attached hydrogens (primary N) is 1. The first-order valence-electron chi connectivity index (χ1n) is 5.90. The van der Waals surface area contributed by atoms with E-state index in [9.17, 15) is 9.59 Å². The van der Waals surface area contributed by atoms with Crippen LogP contribution in [0.1, 0.15) is 20.3 Å². The quantitative estimate of drug-likeness (QED) is 0.649. The average molecular weight is 256 g/mol. The molecule has 18 heavy (non-hydrogen) atoms.